The highest BCUT2D eigenvalue weighted by Crippen LogP contribution is 2.39. The summed E-state index contributed by atoms with van der Waals surface area (Å²) >= 11 is 0. The van der Waals surface area contributed by atoms with Crippen LogP contribution in [0.1, 0.15) is 40.5 Å². The van der Waals surface area contributed by atoms with Gasteiger partial charge in [0.15, 0.2) is 0 Å². The van der Waals surface area contributed by atoms with Crippen molar-refractivity contribution in [3.63, 3.8) is 0 Å². The maximum absolute atomic E-state index is 11.9. The normalized spacial score (nSPS) is 14.7. The van der Waals surface area contributed by atoms with Crippen LogP contribution in [0, 0.1) is 0 Å². The quantitative estimate of drug-likeness (QED) is 0.579. The molecule has 0 aromatic heterocycles. The fourth-order valence-electron chi connectivity index (χ4n) is 3.44. The molecule has 1 unspecified atom stereocenters. The smallest absolute Gasteiger partial charge is 0.363 e. The lowest BCUT2D eigenvalue weighted by Crippen LogP contribution is -2.70. The number of carbonyl (C=O) groups is 1. The number of hydrogen-bond donors (Lipinski definition) is 2. The molecule has 4 nitrogen and oxygen atoms in total. The molecule has 0 fully saturated rings. The molecule has 2 aromatic carbocycles. The molecule has 0 bridgehead atoms. The van der Waals surface area contributed by atoms with Crippen molar-refractivity contribution in [1.82, 2.24) is 0 Å². The molecular formula is C21H28O4Si. The Balaban J connectivity index is 2.78. The second-order valence-corrected chi connectivity index (χ2v) is 11.8. The zero-order valence-corrected chi connectivity index (χ0v) is 16.9. The highest BCUT2D eigenvalue weighted by molar-refractivity contribution is 6.99. The average molecular weight is 373 g/mol. The summed E-state index contributed by atoms with van der Waals surface area (Å²) in [7, 11) is -3.12. The van der Waals surface area contributed by atoms with Crippen LogP contribution < -0.4 is 10.4 Å². The summed E-state index contributed by atoms with van der Waals surface area (Å²) < 4.78 is 6.36. The lowest BCUT2D eigenvalue weighted by atomic mass is 10.1. The summed E-state index contributed by atoms with van der Waals surface area (Å²) in [6.07, 6.45) is 0.536. The first kappa shape index (κ1) is 20.4. The van der Waals surface area contributed by atoms with Gasteiger partial charge in [0.25, 0.3) is 14.1 Å². The van der Waals surface area contributed by atoms with Crippen molar-refractivity contribution < 1.29 is 19.4 Å². The molecule has 0 amide bonds. The molecule has 0 aliphatic carbocycles. The molecule has 0 heterocycles. The molecule has 0 aliphatic heterocycles. The monoisotopic (exact) mass is 372 g/mol. The van der Waals surface area contributed by atoms with Crippen molar-refractivity contribution >= 4 is 24.7 Å². The van der Waals surface area contributed by atoms with Gasteiger partial charge in [-0.1, -0.05) is 94.8 Å². The van der Waals surface area contributed by atoms with Crippen molar-refractivity contribution in [3.8, 4) is 0 Å². The van der Waals surface area contributed by atoms with Crippen LogP contribution >= 0.6 is 0 Å². The number of benzene rings is 2. The van der Waals surface area contributed by atoms with Gasteiger partial charge in [0.05, 0.1) is 0 Å². The standard InChI is InChI=1S/C21H28O4Si/c1-5-16-21(24,19(22)23)25-26(20(2,3)4,17-12-8-6-9-13-17)18-14-10-7-11-15-18/h6-15,24H,5,16H2,1-4H3,(H,22,23). The predicted molar refractivity (Wildman–Crippen MR) is 106 cm³/mol. The number of aliphatic carboxylic acids is 1. The molecule has 0 saturated heterocycles. The first-order valence-corrected chi connectivity index (χ1v) is 10.8. The van der Waals surface area contributed by atoms with Crippen LogP contribution in [-0.2, 0) is 9.22 Å². The van der Waals surface area contributed by atoms with E-state index in [0.717, 1.165) is 10.4 Å². The van der Waals surface area contributed by atoms with E-state index in [2.05, 4.69) is 0 Å². The molecule has 0 spiro atoms. The van der Waals surface area contributed by atoms with E-state index in [9.17, 15) is 15.0 Å². The third-order valence-corrected chi connectivity index (χ3v) is 9.71. The van der Waals surface area contributed by atoms with Gasteiger partial charge in [-0.05, 0) is 15.4 Å². The molecule has 0 radical (unpaired) electrons. The Morgan fingerprint density at radius 2 is 1.38 bits per heavy atom. The number of aliphatic hydroxyl groups is 1. The van der Waals surface area contributed by atoms with Crippen molar-refractivity contribution in [3.05, 3.63) is 60.7 Å². The Labute approximate surface area is 156 Å². The third kappa shape index (κ3) is 3.75. The Morgan fingerprint density at radius 3 is 1.69 bits per heavy atom. The van der Waals surface area contributed by atoms with E-state index in [1.54, 1.807) is 0 Å². The largest absolute Gasteiger partial charge is 0.477 e. The van der Waals surface area contributed by atoms with Crippen LogP contribution in [0.15, 0.2) is 60.7 Å². The van der Waals surface area contributed by atoms with Crippen LogP contribution in [-0.4, -0.2) is 30.3 Å². The van der Waals surface area contributed by atoms with Gasteiger partial charge in [0.2, 0.25) is 0 Å². The van der Waals surface area contributed by atoms with Crippen LogP contribution in [0.5, 0.6) is 0 Å². The van der Waals surface area contributed by atoms with E-state index in [1.165, 1.54) is 0 Å². The number of rotatable bonds is 7. The lowest BCUT2D eigenvalue weighted by molar-refractivity contribution is -0.198. The van der Waals surface area contributed by atoms with Gasteiger partial charge in [-0.3, -0.25) is 0 Å². The van der Waals surface area contributed by atoms with Gasteiger partial charge >= 0.3 is 5.97 Å². The molecule has 140 valence electrons. The SMILES string of the molecule is CCCC(O)(O[Si](c1ccccc1)(c1ccccc1)C(C)(C)C)C(=O)O. The minimum atomic E-state index is -3.12. The highest BCUT2D eigenvalue weighted by atomic mass is 28.4. The third-order valence-electron chi connectivity index (χ3n) is 4.66. The van der Waals surface area contributed by atoms with Gasteiger partial charge in [0.1, 0.15) is 0 Å². The summed E-state index contributed by atoms with van der Waals surface area (Å²) in [5.41, 5.74) is 0. The second kappa shape index (κ2) is 7.74. The summed E-state index contributed by atoms with van der Waals surface area (Å²) in [5, 5.41) is 22.1. The van der Waals surface area contributed by atoms with Crippen LogP contribution in [0.2, 0.25) is 5.04 Å². The minimum absolute atomic E-state index is 0.0346. The molecule has 1 atom stereocenters. The number of carboxylic acid groups (broad SMARTS) is 1. The van der Waals surface area contributed by atoms with Crippen LogP contribution in [0.25, 0.3) is 0 Å². The molecule has 0 saturated carbocycles. The van der Waals surface area contributed by atoms with Crippen molar-refractivity contribution in [2.75, 3.05) is 0 Å². The maximum atomic E-state index is 11.9. The predicted octanol–water partition coefficient (Wildman–Crippen LogP) is 3.14. The molecule has 2 N–H and O–H groups in total. The molecule has 2 aromatic rings. The lowest BCUT2D eigenvalue weighted by Gasteiger charge is -2.46. The Morgan fingerprint density at radius 1 is 0.962 bits per heavy atom. The summed E-state index contributed by atoms with van der Waals surface area (Å²) in [6.45, 7) is 7.98. The molecule has 0 aliphatic rings. The van der Waals surface area contributed by atoms with Crippen molar-refractivity contribution in [2.24, 2.45) is 0 Å². The van der Waals surface area contributed by atoms with Gasteiger partial charge in [-0.25, -0.2) is 4.79 Å². The van der Waals surface area contributed by atoms with E-state index in [1.807, 2.05) is 88.4 Å². The zero-order chi connectivity index (χ0) is 19.4. The summed E-state index contributed by atoms with van der Waals surface area (Å²) in [6, 6.07) is 19.4. The Bertz CT molecular complexity index is 685. The van der Waals surface area contributed by atoms with E-state index in [0.29, 0.717) is 6.42 Å². The second-order valence-electron chi connectivity index (χ2n) is 7.60. The van der Waals surface area contributed by atoms with E-state index in [-0.39, 0.29) is 6.42 Å². The van der Waals surface area contributed by atoms with Crippen LogP contribution in [0.4, 0.5) is 0 Å². The highest BCUT2D eigenvalue weighted by Gasteiger charge is 2.56. The molecular weight excluding hydrogens is 344 g/mol. The Hall–Kier alpha value is -1.95. The maximum Gasteiger partial charge on any atom is 0.363 e. The number of carboxylic acids is 1. The number of hydrogen-bond acceptors (Lipinski definition) is 3. The van der Waals surface area contributed by atoms with Crippen molar-refractivity contribution in [1.29, 1.82) is 0 Å². The zero-order valence-electron chi connectivity index (χ0n) is 15.9. The fraction of sp³-hybridized carbons (Fsp3) is 0.381. The Kier molecular flexibility index (Phi) is 6.06. The van der Waals surface area contributed by atoms with E-state index >= 15 is 0 Å². The van der Waals surface area contributed by atoms with E-state index < -0.39 is 25.1 Å². The fourth-order valence-corrected chi connectivity index (χ4v) is 8.07. The van der Waals surface area contributed by atoms with Crippen molar-refractivity contribution in [2.45, 2.75) is 51.4 Å². The molecule has 26 heavy (non-hydrogen) atoms. The molecule has 5 heteroatoms. The first-order chi connectivity index (χ1) is 12.2. The summed E-state index contributed by atoms with van der Waals surface area (Å²) in [4.78, 5) is 11.9. The topological polar surface area (TPSA) is 66.8 Å². The minimum Gasteiger partial charge on any atom is -0.477 e. The van der Waals surface area contributed by atoms with Gasteiger partial charge in [0, 0.05) is 6.42 Å². The van der Waals surface area contributed by atoms with Gasteiger partial charge in [-0.2, -0.15) is 0 Å². The summed E-state index contributed by atoms with van der Waals surface area (Å²) in [5.74, 6) is -3.56. The van der Waals surface area contributed by atoms with Gasteiger partial charge < -0.3 is 14.6 Å². The first-order valence-electron chi connectivity index (χ1n) is 8.94. The van der Waals surface area contributed by atoms with E-state index in [4.69, 9.17) is 4.43 Å². The van der Waals surface area contributed by atoms with Crippen LogP contribution in [0.3, 0.4) is 0 Å². The molecule has 2 rings (SSSR count). The van der Waals surface area contributed by atoms with Gasteiger partial charge in [-0.15, -0.1) is 0 Å². The average Bonchev–Trinajstić information content (AvgIpc) is 2.60.